The molecule has 2 fully saturated rings. The lowest BCUT2D eigenvalue weighted by atomic mass is 9.97. The van der Waals surface area contributed by atoms with Gasteiger partial charge < -0.3 is 9.72 Å². The normalized spacial score (nSPS) is 19.5. The number of benzene rings is 1. The van der Waals surface area contributed by atoms with Gasteiger partial charge in [0.1, 0.15) is 10.7 Å². The number of nitrogens with zero attached hydrogens (tertiary/aromatic N) is 2. The summed E-state index contributed by atoms with van der Waals surface area (Å²) in [6.07, 6.45) is 9.48. The Bertz CT molecular complexity index is 1030. The number of aromatic nitrogens is 2. The minimum absolute atomic E-state index is 0.0365. The van der Waals surface area contributed by atoms with E-state index in [1.165, 1.54) is 32.1 Å². The maximum atomic E-state index is 12.8. The first-order chi connectivity index (χ1) is 14.8. The molecule has 1 N–H and O–H groups in total. The molecule has 3 aromatic rings. The van der Waals surface area contributed by atoms with Crippen molar-refractivity contribution in [3.05, 3.63) is 51.9 Å². The number of thiophene rings is 1. The van der Waals surface area contributed by atoms with Crippen molar-refractivity contribution in [1.29, 1.82) is 0 Å². The zero-order valence-corrected chi connectivity index (χ0v) is 18.1. The number of rotatable bonds is 5. The maximum Gasteiger partial charge on any atom is 0.260 e. The van der Waals surface area contributed by atoms with Crippen LogP contribution in [0.3, 0.4) is 0 Å². The van der Waals surface area contributed by atoms with Crippen LogP contribution in [0.2, 0.25) is 0 Å². The molecule has 0 atom stereocenters. The number of ether oxygens (including phenoxy) is 1. The quantitative estimate of drug-likeness (QED) is 0.630. The Hall–Kier alpha value is -2.02. The van der Waals surface area contributed by atoms with Gasteiger partial charge in [-0.05, 0) is 31.2 Å². The van der Waals surface area contributed by atoms with Gasteiger partial charge in [-0.1, -0.05) is 49.6 Å². The van der Waals surface area contributed by atoms with Crippen LogP contribution in [-0.2, 0) is 11.3 Å². The van der Waals surface area contributed by atoms with E-state index < -0.39 is 0 Å². The van der Waals surface area contributed by atoms with Crippen molar-refractivity contribution in [1.82, 2.24) is 14.9 Å². The van der Waals surface area contributed by atoms with E-state index in [1.807, 2.05) is 35.7 Å². The number of fused-ring (bicyclic) bond motifs is 1. The van der Waals surface area contributed by atoms with Gasteiger partial charge in [0.15, 0.2) is 0 Å². The highest BCUT2D eigenvalue weighted by molar-refractivity contribution is 7.17. The Morgan fingerprint density at radius 2 is 1.77 bits per heavy atom. The summed E-state index contributed by atoms with van der Waals surface area (Å²) in [4.78, 5) is 23.9. The molecular formula is C24H29N3O2S. The lowest BCUT2D eigenvalue weighted by Crippen LogP contribution is -2.39. The number of aromatic amines is 1. The standard InChI is InChI=1S/C24H29N3O2S/c28-23-22-20(17-7-3-1-4-8-17)16-30-24(22)26-21(25-23)15-27-13-11-19(12-14-27)29-18-9-5-2-6-10-18/h1,3-4,7-8,16,18-19H,2,5-6,9-15H2,(H,25,26,28). The van der Waals surface area contributed by atoms with Crippen molar-refractivity contribution in [3.8, 4) is 11.1 Å². The molecule has 5 rings (SSSR count). The minimum Gasteiger partial charge on any atom is -0.375 e. The predicted octanol–water partition coefficient (Wildman–Crippen LogP) is 4.97. The second-order valence-electron chi connectivity index (χ2n) is 8.58. The molecule has 0 unspecified atom stereocenters. The molecule has 0 radical (unpaired) electrons. The van der Waals surface area contributed by atoms with E-state index >= 15 is 0 Å². The second kappa shape index (κ2) is 9.00. The Kier molecular flexibility index (Phi) is 5.97. The number of likely N-dealkylation sites (tertiary alicyclic amines) is 1. The van der Waals surface area contributed by atoms with Crippen LogP contribution in [-0.4, -0.2) is 40.2 Å². The Morgan fingerprint density at radius 3 is 2.53 bits per heavy atom. The Labute approximate surface area is 181 Å². The van der Waals surface area contributed by atoms with Crippen LogP contribution in [0.5, 0.6) is 0 Å². The fraction of sp³-hybridized carbons (Fsp3) is 0.500. The molecule has 1 aliphatic heterocycles. The molecule has 5 nitrogen and oxygen atoms in total. The summed E-state index contributed by atoms with van der Waals surface area (Å²) in [6.45, 7) is 2.69. The summed E-state index contributed by atoms with van der Waals surface area (Å²) < 4.78 is 6.35. The minimum atomic E-state index is -0.0365. The van der Waals surface area contributed by atoms with Crippen LogP contribution in [0.4, 0.5) is 0 Å². The molecule has 1 saturated carbocycles. The van der Waals surface area contributed by atoms with E-state index in [2.05, 4.69) is 9.88 Å². The third kappa shape index (κ3) is 4.36. The molecule has 0 amide bonds. The summed E-state index contributed by atoms with van der Waals surface area (Å²) in [6, 6.07) is 10.1. The van der Waals surface area contributed by atoms with Crippen molar-refractivity contribution in [3.63, 3.8) is 0 Å². The zero-order chi connectivity index (χ0) is 20.3. The lowest BCUT2D eigenvalue weighted by molar-refractivity contribution is -0.0567. The topological polar surface area (TPSA) is 58.2 Å². The zero-order valence-electron chi connectivity index (χ0n) is 17.3. The van der Waals surface area contributed by atoms with Gasteiger partial charge in [-0.3, -0.25) is 9.69 Å². The van der Waals surface area contributed by atoms with Gasteiger partial charge in [-0.2, -0.15) is 0 Å². The highest BCUT2D eigenvalue weighted by atomic mass is 32.1. The summed E-state index contributed by atoms with van der Waals surface area (Å²) in [5, 5.41) is 2.75. The van der Waals surface area contributed by atoms with Crippen LogP contribution in [0.1, 0.15) is 50.8 Å². The van der Waals surface area contributed by atoms with Gasteiger partial charge in [-0.25, -0.2) is 4.98 Å². The SMILES string of the molecule is O=c1[nH]c(CN2CCC(OC3CCCCC3)CC2)nc2scc(-c3ccccc3)c12. The van der Waals surface area contributed by atoms with Gasteiger partial charge in [0, 0.05) is 24.0 Å². The first-order valence-corrected chi connectivity index (χ1v) is 12.1. The fourth-order valence-corrected chi connectivity index (χ4v) is 5.75. The van der Waals surface area contributed by atoms with Crippen LogP contribution in [0, 0.1) is 0 Å². The summed E-state index contributed by atoms with van der Waals surface area (Å²) in [5.74, 6) is 0.764. The fourth-order valence-electron chi connectivity index (χ4n) is 4.79. The van der Waals surface area contributed by atoms with Gasteiger partial charge in [-0.15, -0.1) is 11.3 Å². The summed E-state index contributed by atoms with van der Waals surface area (Å²) in [7, 11) is 0. The number of piperidine rings is 1. The number of hydrogen-bond donors (Lipinski definition) is 1. The molecule has 158 valence electrons. The first-order valence-electron chi connectivity index (χ1n) is 11.2. The van der Waals surface area contributed by atoms with E-state index in [9.17, 15) is 4.79 Å². The van der Waals surface area contributed by atoms with E-state index in [0.717, 1.165) is 47.7 Å². The third-order valence-electron chi connectivity index (χ3n) is 6.42. The van der Waals surface area contributed by atoms with Crippen molar-refractivity contribution < 1.29 is 4.74 Å². The van der Waals surface area contributed by atoms with Crippen LogP contribution in [0.25, 0.3) is 21.3 Å². The van der Waals surface area contributed by atoms with Crippen molar-refractivity contribution in [2.45, 2.75) is 63.7 Å². The smallest absolute Gasteiger partial charge is 0.260 e. The lowest BCUT2D eigenvalue weighted by Gasteiger charge is -2.34. The van der Waals surface area contributed by atoms with Gasteiger partial charge in [0.05, 0.1) is 24.1 Å². The monoisotopic (exact) mass is 423 g/mol. The van der Waals surface area contributed by atoms with E-state index in [-0.39, 0.29) is 5.56 Å². The number of hydrogen-bond acceptors (Lipinski definition) is 5. The van der Waals surface area contributed by atoms with Crippen LogP contribution >= 0.6 is 11.3 Å². The van der Waals surface area contributed by atoms with Crippen LogP contribution < -0.4 is 5.56 Å². The molecule has 2 aliphatic rings. The molecule has 0 bridgehead atoms. The van der Waals surface area contributed by atoms with Crippen molar-refractivity contribution in [2.24, 2.45) is 0 Å². The molecule has 3 heterocycles. The highest BCUT2D eigenvalue weighted by Crippen LogP contribution is 2.30. The molecule has 1 aromatic carbocycles. The van der Waals surface area contributed by atoms with Gasteiger partial charge in [0.2, 0.25) is 0 Å². The first kappa shape index (κ1) is 19.9. The summed E-state index contributed by atoms with van der Waals surface area (Å²) in [5.41, 5.74) is 1.99. The number of nitrogens with one attached hydrogen (secondary N) is 1. The van der Waals surface area contributed by atoms with Crippen LogP contribution in [0.15, 0.2) is 40.5 Å². The van der Waals surface area contributed by atoms with Crippen molar-refractivity contribution in [2.75, 3.05) is 13.1 Å². The van der Waals surface area contributed by atoms with E-state index in [4.69, 9.17) is 9.72 Å². The molecule has 2 aromatic heterocycles. The molecule has 6 heteroatoms. The molecule has 0 spiro atoms. The molecule has 1 aliphatic carbocycles. The Morgan fingerprint density at radius 1 is 1.03 bits per heavy atom. The number of H-pyrrole nitrogens is 1. The Balaban J connectivity index is 1.24. The van der Waals surface area contributed by atoms with Gasteiger partial charge in [0.25, 0.3) is 5.56 Å². The molecule has 1 saturated heterocycles. The maximum absolute atomic E-state index is 12.8. The van der Waals surface area contributed by atoms with Gasteiger partial charge >= 0.3 is 0 Å². The second-order valence-corrected chi connectivity index (χ2v) is 9.44. The van der Waals surface area contributed by atoms with Crippen molar-refractivity contribution >= 4 is 21.6 Å². The molecular weight excluding hydrogens is 394 g/mol. The predicted molar refractivity (Wildman–Crippen MR) is 122 cm³/mol. The largest absolute Gasteiger partial charge is 0.375 e. The molecule has 30 heavy (non-hydrogen) atoms. The highest BCUT2D eigenvalue weighted by Gasteiger charge is 2.24. The average molecular weight is 424 g/mol. The average Bonchev–Trinajstić information content (AvgIpc) is 3.21. The third-order valence-corrected chi connectivity index (χ3v) is 7.30. The summed E-state index contributed by atoms with van der Waals surface area (Å²) >= 11 is 1.55. The van der Waals surface area contributed by atoms with E-state index in [0.29, 0.717) is 24.1 Å². The van der Waals surface area contributed by atoms with E-state index in [1.54, 1.807) is 11.3 Å².